The van der Waals surface area contributed by atoms with Gasteiger partial charge in [0, 0.05) is 5.56 Å². The minimum atomic E-state index is -2.44. The summed E-state index contributed by atoms with van der Waals surface area (Å²) in [5, 5.41) is 9.91. The van der Waals surface area contributed by atoms with Gasteiger partial charge in [-0.05, 0) is 23.7 Å². The molecule has 0 aliphatic heterocycles. The topological polar surface area (TPSA) is 59.3 Å². The molecule has 2 aromatic carbocycles. The van der Waals surface area contributed by atoms with Crippen molar-refractivity contribution in [2.24, 2.45) is 0 Å². The first-order chi connectivity index (χ1) is 12.6. The smallest absolute Gasteiger partial charge is 0.357 e. The lowest BCUT2D eigenvalue weighted by Gasteiger charge is -2.41. The van der Waals surface area contributed by atoms with Crippen molar-refractivity contribution in [3.05, 3.63) is 71.8 Å². The van der Waals surface area contributed by atoms with E-state index in [1.807, 2.05) is 49.5 Å². The van der Waals surface area contributed by atoms with Crippen molar-refractivity contribution in [3.63, 3.8) is 0 Å². The molecule has 0 saturated carbocycles. The molecule has 0 saturated heterocycles. The molecule has 0 aliphatic carbocycles. The molecule has 0 spiro atoms. The summed E-state index contributed by atoms with van der Waals surface area (Å²) < 4.78 is 11.9. The second kappa shape index (κ2) is 8.08. The van der Waals surface area contributed by atoms with E-state index in [0.29, 0.717) is 5.56 Å². The van der Waals surface area contributed by atoms with Crippen molar-refractivity contribution in [3.8, 4) is 6.07 Å². The molecule has 142 valence electrons. The zero-order valence-corrected chi connectivity index (χ0v) is 17.7. The van der Waals surface area contributed by atoms with Crippen LogP contribution in [0.2, 0.25) is 18.1 Å². The van der Waals surface area contributed by atoms with E-state index in [9.17, 15) is 10.1 Å². The van der Waals surface area contributed by atoms with Gasteiger partial charge < -0.3 is 9.16 Å². The van der Waals surface area contributed by atoms with Crippen LogP contribution in [0.25, 0.3) is 0 Å². The minimum Gasteiger partial charge on any atom is -0.458 e. The molecule has 0 amide bonds. The van der Waals surface area contributed by atoms with Crippen LogP contribution in [0.1, 0.15) is 31.9 Å². The van der Waals surface area contributed by atoms with Crippen LogP contribution < -0.4 is 0 Å². The molecule has 0 aliphatic rings. The molecule has 4 nitrogen and oxygen atoms in total. The molecule has 1 atom stereocenters. The predicted molar refractivity (Wildman–Crippen MR) is 108 cm³/mol. The van der Waals surface area contributed by atoms with Crippen molar-refractivity contribution in [1.82, 2.24) is 0 Å². The minimum absolute atomic E-state index is 0.0940. The van der Waals surface area contributed by atoms with E-state index >= 15 is 0 Å². The number of carbonyl (C=O) groups is 1. The highest BCUT2D eigenvalue weighted by Gasteiger charge is 2.51. The molecule has 0 N–H and O–H groups in total. The van der Waals surface area contributed by atoms with E-state index in [-0.39, 0.29) is 11.6 Å². The van der Waals surface area contributed by atoms with E-state index in [4.69, 9.17) is 9.16 Å². The molecule has 0 radical (unpaired) electrons. The van der Waals surface area contributed by atoms with Crippen LogP contribution >= 0.6 is 0 Å². The molecule has 0 bridgehead atoms. The highest BCUT2D eigenvalue weighted by atomic mass is 28.4. The summed E-state index contributed by atoms with van der Waals surface area (Å²) in [6, 6.07) is 20.4. The van der Waals surface area contributed by atoms with Gasteiger partial charge >= 0.3 is 5.97 Å². The average Bonchev–Trinajstić information content (AvgIpc) is 2.65. The van der Waals surface area contributed by atoms with Crippen molar-refractivity contribution >= 4 is 14.3 Å². The highest BCUT2D eigenvalue weighted by molar-refractivity contribution is 6.74. The number of nitriles is 1. The molecule has 0 fully saturated rings. The van der Waals surface area contributed by atoms with Crippen LogP contribution in [0.4, 0.5) is 0 Å². The number of rotatable bonds is 6. The van der Waals surface area contributed by atoms with Gasteiger partial charge in [-0.25, -0.2) is 4.79 Å². The summed E-state index contributed by atoms with van der Waals surface area (Å²) in [5.74, 6) is -0.676. The quantitative estimate of drug-likeness (QED) is 0.511. The van der Waals surface area contributed by atoms with E-state index in [2.05, 4.69) is 26.8 Å². The summed E-state index contributed by atoms with van der Waals surface area (Å²) in [6.07, 6.45) is 0. The Morgan fingerprint density at radius 1 is 1.00 bits per heavy atom. The van der Waals surface area contributed by atoms with E-state index in [1.54, 1.807) is 24.3 Å². The molecular formula is C22H27NO3Si. The van der Waals surface area contributed by atoms with Gasteiger partial charge in [0.05, 0.1) is 0 Å². The maximum atomic E-state index is 13.1. The fourth-order valence-electron chi connectivity index (χ4n) is 2.38. The van der Waals surface area contributed by atoms with E-state index < -0.39 is 19.9 Å². The molecular weight excluding hydrogens is 354 g/mol. The summed E-state index contributed by atoms with van der Waals surface area (Å²) in [6.45, 7) is 10.3. The van der Waals surface area contributed by atoms with Gasteiger partial charge in [-0.3, -0.25) is 0 Å². The highest BCUT2D eigenvalue weighted by Crippen LogP contribution is 2.42. The van der Waals surface area contributed by atoms with Gasteiger partial charge in [0.15, 0.2) is 8.32 Å². The summed E-state index contributed by atoms with van der Waals surface area (Å²) in [4.78, 5) is 13.1. The zero-order valence-electron chi connectivity index (χ0n) is 16.7. The number of esters is 1. The molecule has 5 heteroatoms. The molecule has 0 aromatic heterocycles. The lowest BCUT2D eigenvalue weighted by atomic mass is 9.96. The number of benzene rings is 2. The van der Waals surface area contributed by atoms with Crippen molar-refractivity contribution < 1.29 is 14.0 Å². The fraction of sp³-hybridized carbons (Fsp3) is 0.364. The fourth-order valence-corrected chi connectivity index (χ4v) is 3.70. The van der Waals surface area contributed by atoms with Crippen molar-refractivity contribution in [2.75, 3.05) is 0 Å². The molecule has 2 aromatic rings. The monoisotopic (exact) mass is 381 g/mol. The second-order valence-electron chi connectivity index (χ2n) is 8.08. The summed E-state index contributed by atoms with van der Waals surface area (Å²) in [5.41, 5.74) is -0.424. The number of carbonyl (C=O) groups excluding carboxylic acids is 1. The summed E-state index contributed by atoms with van der Waals surface area (Å²) >= 11 is 0. The first-order valence-electron chi connectivity index (χ1n) is 9.00. The lowest BCUT2D eigenvalue weighted by molar-refractivity contribution is -0.160. The number of nitrogens with zero attached hydrogens (tertiary/aromatic N) is 1. The van der Waals surface area contributed by atoms with Gasteiger partial charge in [0.1, 0.15) is 12.7 Å². The first-order valence-corrected chi connectivity index (χ1v) is 11.9. The first kappa shape index (κ1) is 20.9. The Bertz CT molecular complexity index is 807. The van der Waals surface area contributed by atoms with Crippen LogP contribution in [-0.4, -0.2) is 14.3 Å². The third-order valence-electron chi connectivity index (χ3n) is 5.05. The van der Waals surface area contributed by atoms with Crippen LogP contribution in [-0.2, 0) is 26.2 Å². The Morgan fingerprint density at radius 2 is 1.52 bits per heavy atom. The number of ether oxygens (including phenoxy) is 1. The Hall–Kier alpha value is -2.42. The standard InChI is InChI=1S/C22H27NO3Si/c1-21(2,3)27(4,5)26-22(17-23,19-14-10-7-11-15-19)20(24)25-16-18-12-8-6-9-13-18/h6-15H,16H2,1-5H3. The predicted octanol–water partition coefficient (Wildman–Crippen LogP) is 5.17. The van der Waals surface area contributed by atoms with E-state index in [0.717, 1.165) is 5.56 Å². The van der Waals surface area contributed by atoms with Gasteiger partial charge in [0.2, 0.25) is 0 Å². The Morgan fingerprint density at radius 3 is 2.00 bits per heavy atom. The van der Waals surface area contributed by atoms with Crippen LogP contribution in [0.15, 0.2) is 60.7 Å². The SMILES string of the molecule is CC(C)(C)[Si](C)(C)OC(C#N)(C(=O)OCc1ccccc1)c1ccccc1. The van der Waals surface area contributed by atoms with Gasteiger partial charge in [-0.1, -0.05) is 81.4 Å². The molecule has 1 unspecified atom stereocenters. The third-order valence-corrected chi connectivity index (χ3v) is 9.48. The Balaban J connectivity index is 2.40. The molecule has 0 heterocycles. The van der Waals surface area contributed by atoms with Crippen LogP contribution in [0.5, 0.6) is 0 Å². The zero-order chi connectivity index (χ0) is 20.1. The van der Waals surface area contributed by atoms with Crippen molar-refractivity contribution in [2.45, 2.75) is 51.1 Å². The number of hydrogen-bond donors (Lipinski definition) is 0. The van der Waals surface area contributed by atoms with Crippen LogP contribution in [0, 0.1) is 11.3 Å². The van der Waals surface area contributed by atoms with E-state index in [1.165, 1.54) is 0 Å². The van der Waals surface area contributed by atoms with Gasteiger partial charge in [-0.15, -0.1) is 0 Å². The molecule has 27 heavy (non-hydrogen) atoms. The Labute approximate surface area is 162 Å². The number of hydrogen-bond acceptors (Lipinski definition) is 4. The normalized spacial score (nSPS) is 14.1. The summed E-state index contributed by atoms with van der Waals surface area (Å²) in [7, 11) is -2.44. The van der Waals surface area contributed by atoms with Gasteiger partial charge in [0.25, 0.3) is 5.60 Å². The maximum absolute atomic E-state index is 13.1. The molecule has 2 rings (SSSR count). The van der Waals surface area contributed by atoms with Crippen LogP contribution in [0.3, 0.4) is 0 Å². The van der Waals surface area contributed by atoms with Crippen molar-refractivity contribution in [1.29, 1.82) is 5.26 Å². The lowest BCUT2D eigenvalue weighted by Crippen LogP contribution is -2.51. The maximum Gasteiger partial charge on any atom is 0.357 e. The third kappa shape index (κ3) is 4.65. The Kier molecular flexibility index (Phi) is 6.25. The van der Waals surface area contributed by atoms with Gasteiger partial charge in [-0.2, -0.15) is 5.26 Å². The average molecular weight is 382 g/mol. The largest absolute Gasteiger partial charge is 0.458 e. The second-order valence-corrected chi connectivity index (χ2v) is 12.8.